The second-order valence-electron chi connectivity index (χ2n) is 8.69. The summed E-state index contributed by atoms with van der Waals surface area (Å²) in [6, 6.07) is 22.5. The van der Waals surface area contributed by atoms with Gasteiger partial charge in [0, 0.05) is 24.4 Å². The van der Waals surface area contributed by atoms with Gasteiger partial charge in [0.05, 0.1) is 0 Å². The number of aryl methyl sites for hydroxylation is 1. The number of anilines is 1. The zero-order valence-corrected chi connectivity index (χ0v) is 19.8. The van der Waals surface area contributed by atoms with Crippen molar-refractivity contribution in [1.82, 2.24) is 10.3 Å². The van der Waals surface area contributed by atoms with Crippen LogP contribution in [0.5, 0.6) is 5.75 Å². The lowest BCUT2D eigenvalue weighted by atomic mass is 9.88. The van der Waals surface area contributed by atoms with Crippen LogP contribution < -0.4 is 15.4 Å². The average molecular weight is 482 g/mol. The van der Waals surface area contributed by atoms with Gasteiger partial charge in [-0.2, -0.15) is 0 Å². The fraction of sp³-hybridized carbons (Fsp3) is 0.138. The Morgan fingerprint density at radius 2 is 1.72 bits per heavy atom. The van der Waals surface area contributed by atoms with E-state index in [4.69, 9.17) is 4.74 Å². The van der Waals surface area contributed by atoms with E-state index < -0.39 is 12.0 Å². The van der Waals surface area contributed by atoms with Gasteiger partial charge in [0.15, 0.2) is 0 Å². The van der Waals surface area contributed by atoms with E-state index in [2.05, 4.69) is 15.6 Å². The van der Waals surface area contributed by atoms with E-state index in [0.29, 0.717) is 22.7 Å². The number of carbonyl (C=O) groups excluding carboxylic acids is 2. The molecule has 36 heavy (non-hydrogen) atoms. The van der Waals surface area contributed by atoms with E-state index in [-0.39, 0.29) is 17.6 Å². The number of halogens is 1. The molecular formula is C29H24FN3O3. The minimum Gasteiger partial charge on any atom is -0.484 e. The highest BCUT2D eigenvalue weighted by atomic mass is 19.1. The van der Waals surface area contributed by atoms with Gasteiger partial charge in [-0.05, 0) is 77.7 Å². The van der Waals surface area contributed by atoms with Crippen molar-refractivity contribution in [3.8, 4) is 16.9 Å². The highest BCUT2D eigenvalue weighted by Crippen LogP contribution is 2.47. The van der Waals surface area contributed by atoms with Crippen molar-refractivity contribution in [2.24, 2.45) is 0 Å². The second kappa shape index (κ2) is 9.62. The van der Waals surface area contributed by atoms with Crippen LogP contribution in [0.15, 0.2) is 85.1 Å². The number of likely N-dealkylation sites (N-methyl/N-ethyl adjacent to an activating group) is 1. The Kier molecular flexibility index (Phi) is 6.21. The van der Waals surface area contributed by atoms with E-state index in [1.54, 1.807) is 43.6 Å². The van der Waals surface area contributed by atoms with E-state index in [1.807, 2.05) is 43.3 Å². The summed E-state index contributed by atoms with van der Waals surface area (Å²) < 4.78 is 19.6. The van der Waals surface area contributed by atoms with Crippen molar-refractivity contribution in [3.63, 3.8) is 0 Å². The summed E-state index contributed by atoms with van der Waals surface area (Å²) in [4.78, 5) is 29.9. The largest absolute Gasteiger partial charge is 0.484 e. The molecule has 1 aliphatic rings. The molecule has 0 saturated heterocycles. The molecule has 2 amide bonds. The Labute approximate surface area is 208 Å². The first-order valence-electron chi connectivity index (χ1n) is 11.5. The van der Waals surface area contributed by atoms with Gasteiger partial charge in [-0.3, -0.25) is 9.59 Å². The molecular weight excluding hydrogens is 457 g/mol. The molecule has 2 N–H and O–H groups in total. The lowest BCUT2D eigenvalue weighted by Crippen LogP contribution is -2.28. The Hall–Kier alpha value is -4.52. The maximum atomic E-state index is 13.5. The zero-order chi connectivity index (χ0) is 25.2. The average Bonchev–Trinajstić information content (AvgIpc) is 3.27. The molecule has 0 bridgehead atoms. The van der Waals surface area contributed by atoms with Gasteiger partial charge in [0.1, 0.15) is 29.4 Å². The first-order valence-corrected chi connectivity index (χ1v) is 11.5. The Bertz CT molecular complexity index is 1450. The first kappa shape index (κ1) is 23.2. The van der Waals surface area contributed by atoms with Gasteiger partial charge in [-0.25, -0.2) is 9.37 Å². The number of ether oxygens (including phenoxy) is 1. The fourth-order valence-electron chi connectivity index (χ4n) is 4.43. The number of fused-ring (bicyclic) bond motifs is 1. The third kappa shape index (κ3) is 4.55. The predicted molar refractivity (Wildman–Crippen MR) is 135 cm³/mol. The van der Waals surface area contributed by atoms with Crippen molar-refractivity contribution in [2.45, 2.75) is 18.9 Å². The second-order valence-corrected chi connectivity index (χ2v) is 8.69. The molecule has 0 radical (unpaired) electrons. The lowest BCUT2D eigenvalue weighted by Gasteiger charge is -2.18. The fourth-order valence-corrected chi connectivity index (χ4v) is 4.43. The molecule has 1 aromatic heterocycles. The summed E-state index contributed by atoms with van der Waals surface area (Å²) in [7, 11) is 1.58. The molecule has 4 aromatic rings. The van der Waals surface area contributed by atoms with Gasteiger partial charge < -0.3 is 15.4 Å². The molecule has 5 rings (SSSR count). The molecule has 180 valence electrons. The molecule has 2 heterocycles. The molecule has 2 unspecified atom stereocenters. The Morgan fingerprint density at radius 3 is 2.47 bits per heavy atom. The third-order valence-corrected chi connectivity index (χ3v) is 6.24. The normalized spacial score (nSPS) is 16.1. The van der Waals surface area contributed by atoms with Crippen molar-refractivity contribution >= 4 is 17.6 Å². The van der Waals surface area contributed by atoms with Crippen LogP contribution in [0.3, 0.4) is 0 Å². The number of hydrogen-bond donors (Lipinski definition) is 2. The van der Waals surface area contributed by atoms with E-state index in [1.165, 1.54) is 12.1 Å². The van der Waals surface area contributed by atoms with Gasteiger partial charge in [-0.1, -0.05) is 30.3 Å². The molecule has 0 saturated carbocycles. The van der Waals surface area contributed by atoms with Crippen LogP contribution in [0, 0.1) is 12.7 Å². The van der Waals surface area contributed by atoms with Crippen molar-refractivity contribution in [1.29, 1.82) is 0 Å². The van der Waals surface area contributed by atoms with Crippen molar-refractivity contribution in [2.75, 3.05) is 12.4 Å². The number of hydrogen-bond acceptors (Lipinski definition) is 4. The first-order chi connectivity index (χ1) is 17.4. The van der Waals surface area contributed by atoms with E-state index >= 15 is 0 Å². The summed E-state index contributed by atoms with van der Waals surface area (Å²) in [5.74, 6) is -0.330. The Balaban J connectivity index is 1.46. The van der Waals surface area contributed by atoms with Gasteiger partial charge in [-0.15, -0.1) is 0 Å². The Morgan fingerprint density at radius 1 is 0.944 bits per heavy atom. The zero-order valence-electron chi connectivity index (χ0n) is 19.8. The van der Waals surface area contributed by atoms with E-state index in [9.17, 15) is 14.0 Å². The number of carbonyl (C=O) groups is 2. The summed E-state index contributed by atoms with van der Waals surface area (Å²) in [5, 5.41) is 5.54. The molecule has 0 fully saturated rings. The van der Waals surface area contributed by atoms with Crippen LogP contribution in [0.2, 0.25) is 0 Å². The SMILES string of the molecule is CNC(=O)C1c2cc(-c3cccc(C(=O)Nc4cc(C)ccn4)c3)ccc2OC1c1ccc(F)cc1. The van der Waals surface area contributed by atoms with Crippen LogP contribution in [0.25, 0.3) is 11.1 Å². The number of aromatic nitrogens is 1. The number of pyridine rings is 1. The molecule has 7 heteroatoms. The van der Waals surface area contributed by atoms with E-state index in [0.717, 1.165) is 22.3 Å². The van der Waals surface area contributed by atoms with Crippen LogP contribution in [0.1, 0.15) is 39.1 Å². The summed E-state index contributed by atoms with van der Waals surface area (Å²) >= 11 is 0. The number of benzene rings is 3. The van der Waals surface area contributed by atoms with Gasteiger partial charge >= 0.3 is 0 Å². The van der Waals surface area contributed by atoms with Crippen LogP contribution >= 0.6 is 0 Å². The molecule has 0 spiro atoms. The number of nitrogens with zero attached hydrogens (tertiary/aromatic N) is 1. The van der Waals surface area contributed by atoms with Gasteiger partial charge in [0.25, 0.3) is 5.91 Å². The highest BCUT2D eigenvalue weighted by molar-refractivity contribution is 6.04. The van der Waals surface area contributed by atoms with Crippen molar-refractivity contribution in [3.05, 3.63) is 113 Å². The monoisotopic (exact) mass is 481 g/mol. The maximum Gasteiger partial charge on any atom is 0.256 e. The smallest absolute Gasteiger partial charge is 0.256 e. The number of nitrogens with one attached hydrogen (secondary N) is 2. The number of amides is 2. The van der Waals surface area contributed by atoms with Crippen LogP contribution in [-0.4, -0.2) is 23.8 Å². The van der Waals surface area contributed by atoms with Gasteiger partial charge in [0.2, 0.25) is 5.91 Å². The topological polar surface area (TPSA) is 80.3 Å². The summed E-state index contributed by atoms with van der Waals surface area (Å²) in [6.07, 6.45) is 1.07. The number of rotatable bonds is 5. The summed E-state index contributed by atoms with van der Waals surface area (Å²) in [5.41, 5.74) is 4.60. The molecule has 0 aliphatic carbocycles. The standard InChI is InChI=1S/C29H24FN3O3/c1-17-12-13-32-25(14-17)33-28(34)21-5-3-4-19(15-21)20-8-11-24-23(16-20)26(29(35)31-2)27(36-24)18-6-9-22(30)10-7-18/h3-16,26-27H,1-2H3,(H,31,35)(H,32,33,34). The minimum absolute atomic E-state index is 0.195. The minimum atomic E-state index is -0.603. The highest BCUT2D eigenvalue weighted by Gasteiger charge is 2.40. The molecule has 3 aromatic carbocycles. The lowest BCUT2D eigenvalue weighted by molar-refractivity contribution is -0.123. The molecule has 2 atom stereocenters. The predicted octanol–water partition coefficient (Wildman–Crippen LogP) is 5.41. The van der Waals surface area contributed by atoms with Crippen LogP contribution in [-0.2, 0) is 4.79 Å². The molecule has 6 nitrogen and oxygen atoms in total. The van der Waals surface area contributed by atoms with Crippen LogP contribution in [0.4, 0.5) is 10.2 Å². The van der Waals surface area contributed by atoms with Crippen molar-refractivity contribution < 1.29 is 18.7 Å². The quantitative estimate of drug-likeness (QED) is 0.399. The third-order valence-electron chi connectivity index (χ3n) is 6.24. The summed E-state index contributed by atoms with van der Waals surface area (Å²) in [6.45, 7) is 1.93. The molecule has 1 aliphatic heterocycles. The maximum absolute atomic E-state index is 13.5.